The van der Waals surface area contributed by atoms with Crippen LogP contribution in [0.1, 0.15) is 19.3 Å². The summed E-state index contributed by atoms with van der Waals surface area (Å²) in [6.07, 6.45) is 2.41. The first-order valence-corrected chi connectivity index (χ1v) is 9.70. The fraction of sp³-hybridized carbons (Fsp3) is 0.533. The van der Waals surface area contributed by atoms with E-state index in [9.17, 15) is 8.42 Å². The molecule has 0 aliphatic carbocycles. The highest BCUT2D eigenvalue weighted by atomic mass is 35.5. The monoisotopic (exact) mass is 375 g/mol. The van der Waals surface area contributed by atoms with Crippen LogP contribution in [0.4, 0.5) is 0 Å². The molecule has 1 aromatic carbocycles. The van der Waals surface area contributed by atoms with Gasteiger partial charge in [0.05, 0.1) is 16.1 Å². The minimum atomic E-state index is -3.62. The fourth-order valence-electron chi connectivity index (χ4n) is 2.56. The number of nitriles is 1. The average Bonchev–Trinajstić information content (AvgIpc) is 2.54. The van der Waals surface area contributed by atoms with Gasteiger partial charge in [-0.3, -0.25) is 0 Å². The molecular formula is C15H19Cl2N3O2S. The summed E-state index contributed by atoms with van der Waals surface area (Å²) >= 11 is 12.0. The summed E-state index contributed by atoms with van der Waals surface area (Å²) < 4.78 is 26.8. The van der Waals surface area contributed by atoms with Gasteiger partial charge in [-0.05, 0) is 31.5 Å². The third-order valence-electron chi connectivity index (χ3n) is 3.88. The van der Waals surface area contributed by atoms with Gasteiger partial charge in [-0.25, -0.2) is 8.42 Å². The Morgan fingerprint density at radius 2 is 1.83 bits per heavy atom. The Labute approximate surface area is 147 Å². The average molecular weight is 376 g/mol. The summed E-state index contributed by atoms with van der Waals surface area (Å²) in [6, 6.07) is 6.78. The minimum absolute atomic E-state index is 0.0640. The molecule has 1 saturated heterocycles. The summed E-state index contributed by atoms with van der Waals surface area (Å²) in [5.74, 6) is 0. The number of nitrogens with zero attached hydrogens (tertiary/aromatic N) is 3. The van der Waals surface area contributed by atoms with Gasteiger partial charge in [0.25, 0.3) is 0 Å². The van der Waals surface area contributed by atoms with Gasteiger partial charge in [-0.2, -0.15) is 9.57 Å². The molecule has 0 radical (unpaired) electrons. The smallest absolute Gasteiger partial charge is 0.244 e. The standard InChI is InChI=1S/C15H19Cl2N3O2S/c16-13-5-4-6-14(15(13)17)23(21,22)20-11-9-19(10-12-20)8-3-1-2-7-18/h4-6H,1-3,8-12H2. The van der Waals surface area contributed by atoms with Crippen molar-refractivity contribution >= 4 is 33.2 Å². The third kappa shape index (κ3) is 4.59. The Balaban J connectivity index is 1.96. The van der Waals surface area contributed by atoms with Crippen LogP contribution in [0.2, 0.25) is 10.0 Å². The number of hydrogen-bond acceptors (Lipinski definition) is 4. The second-order valence-corrected chi connectivity index (χ2v) is 8.10. The summed E-state index contributed by atoms with van der Waals surface area (Å²) in [4.78, 5) is 2.29. The number of benzene rings is 1. The van der Waals surface area contributed by atoms with E-state index in [4.69, 9.17) is 28.5 Å². The van der Waals surface area contributed by atoms with Crippen LogP contribution in [0, 0.1) is 11.3 Å². The van der Waals surface area contributed by atoms with Crippen molar-refractivity contribution in [1.82, 2.24) is 9.21 Å². The number of piperazine rings is 1. The van der Waals surface area contributed by atoms with E-state index in [2.05, 4.69) is 11.0 Å². The lowest BCUT2D eigenvalue weighted by atomic mass is 10.2. The van der Waals surface area contributed by atoms with E-state index in [0.717, 1.165) is 19.4 Å². The molecule has 1 fully saturated rings. The lowest BCUT2D eigenvalue weighted by Gasteiger charge is -2.34. The van der Waals surface area contributed by atoms with Crippen molar-refractivity contribution in [2.24, 2.45) is 0 Å². The van der Waals surface area contributed by atoms with Gasteiger partial charge in [0.1, 0.15) is 4.90 Å². The molecule has 126 valence electrons. The first-order chi connectivity index (χ1) is 11.0. The fourth-order valence-corrected chi connectivity index (χ4v) is 4.71. The van der Waals surface area contributed by atoms with Gasteiger partial charge in [-0.15, -0.1) is 0 Å². The van der Waals surface area contributed by atoms with Crippen molar-refractivity contribution in [2.45, 2.75) is 24.2 Å². The quantitative estimate of drug-likeness (QED) is 0.716. The van der Waals surface area contributed by atoms with Gasteiger partial charge in [-0.1, -0.05) is 29.3 Å². The van der Waals surface area contributed by atoms with Crippen LogP contribution >= 0.6 is 23.2 Å². The van der Waals surface area contributed by atoms with Crippen LogP contribution < -0.4 is 0 Å². The molecule has 1 aliphatic heterocycles. The summed E-state index contributed by atoms with van der Waals surface area (Å²) in [5, 5.41) is 8.84. The molecule has 1 heterocycles. The van der Waals surface area contributed by atoms with Gasteiger partial charge in [0.15, 0.2) is 0 Å². The zero-order valence-corrected chi connectivity index (χ0v) is 15.0. The van der Waals surface area contributed by atoms with Crippen molar-refractivity contribution in [3.63, 3.8) is 0 Å². The molecule has 0 spiro atoms. The Morgan fingerprint density at radius 3 is 2.48 bits per heavy atom. The minimum Gasteiger partial charge on any atom is -0.301 e. The Morgan fingerprint density at radius 1 is 1.13 bits per heavy atom. The maximum atomic E-state index is 12.7. The topological polar surface area (TPSA) is 64.4 Å². The molecule has 8 heteroatoms. The highest BCUT2D eigenvalue weighted by Crippen LogP contribution is 2.31. The van der Waals surface area contributed by atoms with E-state index in [0.29, 0.717) is 32.6 Å². The van der Waals surface area contributed by atoms with E-state index in [1.54, 1.807) is 12.1 Å². The van der Waals surface area contributed by atoms with Crippen LogP contribution in [0.25, 0.3) is 0 Å². The molecule has 23 heavy (non-hydrogen) atoms. The van der Waals surface area contributed by atoms with Gasteiger partial charge < -0.3 is 4.90 Å². The Hall–Kier alpha value is -0.840. The van der Waals surface area contributed by atoms with Gasteiger partial charge in [0.2, 0.25) is 10.0 Å². The summed E-state index contributed by atoms with van der Waals surface area (Å²) in [7, 11) is -3.62. The number of rotatable bonds is 6. The maximum Gasteiger partial charge on any atom is 0.244 e. The third-order valence-corrected chi connectivity index (χ3v) is 6.75. The number of halogens is 2. The van der Waals surface area contributed by atoms with Crippen LogP contribution in [0.3, 0.4) is 0 Å². The van der Waals surface area contributed by atoms with Crippen LogP contribution in [-0.4, -0.2) is 50.3 Å². The first-order valence-electron chi connectivity index (χ1n) is 7.50. The van der Waals surface area contributed by atoms with E-state index < -0.39 is 10.0 Å². The molecule has 5 nitrogen and oxygen atoms in total. The van der Waals surface area contributed by atoms with Crippen molar-refractivity contribution < 1.29 is 8.42 Å². The van der Waals surface area contributed by atoms with Crippen molar-refractivity contribution in [3.8, 4) is 6.07 Å². The lowest BCUT2D eigenvalue weighted by Crippen LogP contribution is -2.48. The zero-order chi connectivity index (χ0) is 16.9. The van der Waals surface area contributed by atoms with E-state index in [1.807, 2.05) is 0 Å². The largest absolute Gasteiger partial charge is 0.301 e. The summed E-state index contributed by atoms with van der Waals surface area (Å²) in [6.45, 7) is 3.13. The van der Waals surface area contributed by atoms with Gasteiger partial charge in [0, 0.05) is 32.6 Å². The van der Waals surface area contributed by atoms with Gasteiger partial charge >= 0.3 is 0 Å². The zero-order valence-electron chi connectivity index (χ0n) is 12.7. The van der Waals surface area contributed by atoms with Crippen molar-refractivity contribution in [3.05, 3.63) is 28.2 Å². The molecule has 0 aromatic heterocycles. The maximum absolute atomic E-state index is 12.7. The highest BCUT2D eigenvalue weighted by molar-refractivity contribution is 7.89. The molecule has 0 N–H and O–H groups in total. The van der Waals surface area contributed by atoms with E-state index in [1.165, 1.54) is 10.4 Å². The molecule has 2 rings (SSSR count). The second kappa shape index (κ2) is 8.32. The molecule has 1 aromatic rings. The molecule has 0 atom stereocenters. The first kappa shape index (κ1) is 18.5. The van der Waals surface area contributed by atoms with Crippen LogP contribution in [0.5, 0.6) is 0 Å². The van der Waals surface area contributed by atoms with Crippen LogP contribution in [0.15, 0.2) is 23.1 Å². The number of sulfonamides is 1. The molecule has 0 saturated carbocycles. The Bertz CT molecular complexity index is 680. The molecule has 1 aliphatic rings. The predicted octanol–water partition coefficient (Wildman–Crippen LogP) is 2.99. The lowest BCUT2D eigenvalue weighted by molar-refractivity contribution is 0.186. The number of hydrogen-bond donors (Lipinski definition) is 0. The molecule has 0 amide bonds. The summed E-state index contributed by atoms with van der Waals surface area (Å²) in [5.41, 5.74) is 0. The Kier molecular flexibility index (Phi) is 6.69. The normalized spacial score (nSPS) is 17.1. The highest BCUT2D eigenvalue weighted by Gasteiger charge is 2.30. The van der Waals surface area contributed by atoms with Crippen molar-refractivity contribution in [1.29, 1.82) is 5.26 Å². The molecule has 0 bridgehead atoms. The van der Waals surface area contributed by atoms with Crippen LogP contribution in [-0.2, 0) is 10.0 Å². The molecule has 0 unspecified atom stereocenters. The second-order valence-electron chi connectivity index (χ2n) is 5.41. The number of unbranched alkanes of at least 4 members (excludes halogenated alkanes) is 2. The predicted molar refractivity (Wildman–Crippen MR) is 91.1 cm³/mol. The van der Waals surface area contributed by atoms with E-state index >= 15 is 0 Å². The van der Waals surface area contributed by atoms with Crippen molar-refractivity contribution in [2.75, 3.05) is 32.7 Å². The molecular weight excluding hydrogens is 357 g/mol. The van der Waals surface area contributed by atoms with E-state index in [-0.39, 0.29) is 14.9 Å². The SMILES string of the molecule is N#CCCCCN1CCN(S(=O)(=O)c2cccc(Cl)c2Cl)CC1.